The Morgan fingerprint density at radius 1 is 1.26 bits per heavy atom. The van der Waals surface area contributed by atoms with Crippen LogP contribution in [0.1, 0.15) is 25.7 Å². The highest BCUT2D eigenvalue weighted by molar-refractivity contribution is 7.87. The van der Waals surface area contributed by atoms with Gasteiger partial charge in [-0.05, 0) is 38.1 Å². The number of carbonyl (C=O) groups excluding carboxylic acids is 1. The number of rotatable bonds is 5. The number of amides is 1. The standard InChI is InChI=1S/C11H21N3O4S/c1-18-11(15)13-19(16,17)14-6-4-9(5-7-14)8-12-10-2-3-10/h9-10,12H,2-8H2,1H3,(H,13,15). The Kier molecular flexibility index (Phi) is 4.64. The van der Waals surface area contributed by atoms with Gasteiger partial charge in [0.2, 0.25) is 0 Å². The molecule has 7 nitrogen and oxygen atoms in total. The van der Waals surface area contributed by atoms with E-state index in [0.717, 1.165) is 26.5 Å². The van der Waals surface area contributed by atoms with Crippen molar-refractivity contribution in [3.63, 3.8) is 0 Å². The lowest BCUT2D eigenvalue weighted by Crippen LogP contribution is -2.47. The molecule has 1 aliphatic carbocycles. The number of piperidine rings is 1. The van der Waals surface area contributed by atoms with Crippen molar-refractivity contribution in [3.05, 3.63) is 0 Å². The highest BCUT2D eigenvalue weighted by Gasteiger charge is 2.30. The normalized spacial score (nSPS) is 22.2. The van der Waals surface area contributed by atoms with Crippen molar-refractivity contribution in [3.8, 4) is 0 Å². The van der Waals surface area contributed by atoms with Gasteiger partial charge in [-0.3, -0.25) is 0 Å². The molecule has 0 aromatic heterocycles. The van der Waals surface area contributed by atoms with Crippen molar-refractivity contribution in [2.75, 3.05) is 26.7 Å². The third-order valence-corrected chi connectivity index (χ3v) is 5.05. The van der Waals surface area contributed by atoms with Gasteiger partial charge in [0.25, 0.3) is 0 Å². The lowest BCUT2D eigenvalue weighted by atomic mass is 9.98. The number of nitrogens with one attached hydrogen (secondary N) is 2. The molecule has 2 rings (SSSR count). The Balaban J connectivity index is 1.76. The molecular formula is C11H21N3O4S. The number of hydrogen-bond acceptors (Lipinski definition) is 5. The number of methoxy groups -OCH3 is 1. The molecule has 1 saturated carbocycles. The van der Waals surface area contributed by atoms with Crippen LogP contribution in [0.25, 0.3) is 0 Å². The zero-order valence-electron chi connectivity index (χ0n) is 11.1. The van der Waals surface area contributed by atoms with Crippen molar-refractivity contribution in [2.24, 2.45) is 5.92 Å². The second-order valence-electron chi connectivity index (χ2n) is 5.12. The van der Waals surface area contributed by atoms with Crippen LogP contribution in [-0.4, -0.2) is 51.6 Å². The lowest BCUT2D eigenvalue weighted by Gasteiger charge is -2.30. The van der Waals surface area contributed by atoms with E-state index in [9.17, 15) is 13.2 Å². The first-order valence-electron chi connectivity index (χ1n) is 6.60. The van der Waals surface area contributed by atoms with E-state index >= 15 is 0 Å². The summed E-state index contributed by atoms with van der Waals surface area (Å²) < 4.78 is 31.2. The van der Waals surface area contributed by atoms with Crippen LogP contribution in [0.15, 0.2) is 0 Å². The molecule has 2 aliphatic rings. The van der Waals surface area contributed by atoms with Crippen LogP contribution in [0.4, 0.5) is 4.79 Å². The second kappa shape index (κ2) is 6.06. The summed E-state index contributed by atoms with van der Waals surface area (Å²) in [6.45, 7) is 1.86. The summed E-state index contributed by atoms with van der Waals surface area (Å²) in [5.74, 6) is 0.519. The van der Waals surface area contributed by atoms with Gasteiger partial charge in [-0.15, -0.1) is 0 Å². The number of hydrogen-bond donors (Lipinski definition) is 2. The Labute approximate surface area is 113 Å². The third kappa shape index (κ3) is 4.32. The maximum Gasteiger partial charge on any atom is 0.421 e. The molecule has 8 heteroatoms. The van der Waals surface area contributed by atoms with Crippen molar-refractivity contribution in [1.82, 2.24) is 14.3 Å². The summed E-state index contributed by atoms with van der Waals surface area (Å²) in [4.78, 5) is 11.0. The average molecular weight is 291 g/mol. The first-order valence-corrected chi connectivity index (χ1v) is 8.04. The molecule has 1 saturated heterocycles. The highest BCUT2D eigenvalue weighted by atomic mass is 32.2. The van der Waals surface area contributed by atoms with Crippen LogP contribution in [0.5, 0.6) is 0 Å². The molecule has 19 heavy (non-hydrogen) atoms. The van der Waals surface area contributed by atoms with Crippen LogP contribution < -0.4 is 10.0 Å². The predicted octanol–water partition coefficient (Wildman–Crippen LogP) is 0.0512. The summed E-state index contributed by atoms with van der Waals surface area (Å²) in [5, 5.41) is 3.46. The number of nitrogens with zero attached hydrogens (tertiary/aromatic N) is 1. The Bertz CT molecular complexity index is 414. The van der Waals surface area contributed by atoms with Crippen LogP contribution in [-0.2, 0) is 14.9 Å². The van der Waals surface area contributed by atoms with E-state index < -0.39 is 16.3 Å². The first-order chi connectivity index (χ1) is 9.01. The fraction of sp³-hybridized carbons (Fsp3) is 0.909. The van der Waals surface area contributed by atoms with Crippen molar-refractivity contribution in [2.45, 2.75) is 31.7 Å². The van der Waals surface area contributed by atoms with Crippen molar-refractivity contribution < 1.29 is 17.9 Å². The molecular weight excluding hydrogens is 270 g/mol. The second-order valence-corrected chi connectivity index (χ2v) is 6.79. The topological polar surface area (TPSA) is 87.7 Å². The molecule has 2 fully saturated rings. The average Bonchev–Trinajstić information content (AvgIpc) is 3.20. The molecule has 0 atom stereocenters. The Hall–Kier alpha value is -0.860. The molecule has 1 aliphatic heterocycles. The summed E-state index contributed by atoms with van der Waals surface area (Å²) in [5.41, 5.74) is 0. The molecule has 1 amide bonds. The smallest absolute Gasteiger partial charge is 0.421 e. The number of carbonyl (C=O) groups is 1. The summed E-state index contributed by atoms with van der Waals surface area (Å²) in [6, 6.07) is 0.683. The van der Waals surface area contributed by atoms with Gasteiger partial charge >= 0.3 is 16.3 Å². The van der Waals surface area contributed by atoms with Crippen molar-refractivity contribution >= 4 is 16.3 Å². The van der Waals surface area contributed by atoms with Crippen LogP contribution in [0.3, 0.4) is 0 Å². The Morgan fingerprint density at radius 3 is 2.42 bits per heavy atom. The first kappa shape index (κ1) is 14.5. The van der Waals surface area contributed by atoms with Gasteiger partial charge in [0.05, 0.1) is 7.11 Å². The fourth-order valence-electron chi connectivity index (χ4n) is 2.19. The van der Waals surface area contributed by atoms with E-state index in [1.807, 2.05) is 4.72 Å². The highest BCUT2D eigenvalue weighted by Crippen LogP contribution is 2.22. The van der Waals surface area contributed by atoms with E-state index in [1.54, 1.807) is 0 Å². The maximum absolute atomic E-state index is 11.8. The summed E-state index contributed by atoms with van der Waals surface area (Å²) in [6.07, 6.45) is 3.22. The maximum atomic E-state index is 11.8. The van der Waals surface area contributed by atoms with E-state index in [4.69, 9.17) is 0 Å². The van der Waals surface area contributed by atoms with E-state index in [1.165, 1.54) is 17.1 Å². The van der Waals surface area contributed by atoms with Gasteiger partial charge < -0.3 is 10.1 Å². The van der Waals surface area contributed by atoms with Crippen molar-refractivity contribution in [1.29, 1.82) is 0 Å². The molecule has 0 unspecified atom stereocenters. The molecule has 0 spiro atoms. The number of ether oxygens (including phenoxy) is 1. The lowest BCUT2D eigenvalue weighted by molar-refractivity contribution is 0.176. The van der Waals surface area contributed by atoms with Crippen LogP contribution in [0.2, 0.25) is 0 Å². The van der Waals surface area contributed by atoms with Crippen LogP contribution >= 0.6 is 0 Å². The van der Waals surface area contributed by atoms with Gasteiger partial charge in [-0.25, -0.2) is 9.52 Å². The molecule has 1 heterocycles. The van der Waals surface area contributed by atoms with E-state index in [0.29, 0.717) is 25.0 Å². The van der Waals surface area contributed by atoms with Gasteiger partial charge in [0.1, 0.15) is 0 Å². The van der Waals surface area contributed by atoms with E-state index in [-0.39, 0.29) is 0 Å². The monoisotopic (exact) mass is 291 g/mol. The van der Waals surface area contributed by atoms with Gasteiger partial charge in [-0.1, -0.05) is 0 Å². The van der Waals surface area contributed by atoms with Crippen LogP contribution in [0, 0.1) is 5.92 Å². The SMILES string of the molecule is COC(=O)NS(=O)(=O)N1CCC(CNC2CC2)CC1. The van der Waals surface area contributed by atoms with Gasteiger partial charge in [0, 0.05) is 19.1 Å². The molecule has 0 aromatic rings. The summed E-state index contributed by atoms with van der Waals surface area (Å²) in [7, 11) is -2.61. The molecule has 0 bridgehead atoms. The molecule has 110 valence electrons. The predicted molar refractivity (Wildman–Crippen MR) is 69.8 cm³/mol. The molecule has 0 radical (unpaired) electrons. The zero-order chi connectivity index (χ0) is 13.9. The minimum absolute atomic E-state index is 0.448. The van der Waals surface area contributed by atoms with Gasteiger partial charge in [-0.2, -0.15) is 12.7 Å². The Morgan fingerprint density at radius 2 is 1.89 bits per heavy atom. The molecule has 2 N–H and O–H groups in total. The summed E-state index contributed by atoms with van der Waals surface area (Å²) >= 11 is 0. The minimum atomic E-state index is -3.75. The molecule has 0 aromatic carbocycles. The van der Waals surface area contributed by atoms with Gasteiger partial charge in [0.15, 0.2) is 0 Å². The fourth-order valence-corrected chi connectivity index (χ4v) is 3.30. The quantitative estimate of drug-likeness (QED) is 0.747. The third-order valence-electron chi connectivity index (χ3n) is 3.58. The van der Waals surface area contributed by atoms with E-state index in [2.05, 4.69) is 10.1 Å². The largest absolute Gasteiger partial charge is 0.452 e. The zero-order valence-corrected chi connectivity index (χ0v) is 11.9. The minimum Gasteiger partial charge on any atom is -0.452 e.